The van der Waals surface area contributed by atoms with E-state index in [1.807, 2.05) is 37.3 Å². The molecule has 10 heteroatoms. The van der Waals surface area contributed by atoms with E-state index in [0.717, 1.165) is 5.56 Å². The van der Waals surface area contributed by atoms with Crippen LogP contribution in [0.5, 0.6) is 0 Å². The summed E-state index contributed by atoms with van der Waals surface area (Å²) in [4.78, 5) is 12.8. The van der Waals surface area contributed by atoms with Crippen LogP contribution in [0.4, 0.5) is 11.8 Å². The Hall–Kier alpha value is -2.79. The summed E-state index contributed by atoms with van der Waals surface area (Å²) in [5, 5.41) is 32.9. The van der Waals surface area contributed by atoms with Gasteiger partial charge in [-0.2, -0.15) is 9.97 Å². The molecule has 0 bridgehead atoms. The molecule has 28 heavy (non-hydrogen) atoms. The van der Waals surface area contributed by atoms with Crippen molar-refractivity contribution in [2.45, 2.75) is 37.5 Å². The number of ether oxygens (including phenoxy) is 1. The zero-order valence-corrected chi connectivity index (χ0v) is 15.2. The first-order valence-electron chi connectivity index (χ1n) is 8.93. The van der Waals surface area contributed by atoms with Crippen molar-refractivity contribution in [1.82, 2.24) is 19.5 Å². The second kappa shape index (κ2) is 7.32. The third-order valence-electron chi connectivity index (χ3n) is 4.88. The Kier molecular flexibility index (Phi) is 4.85. The molecule has 5 atom stereocenters. The number of anilines is 2. The van der Waals surface area contributed by atoms with Crippen LogP contribution in [0.25, 0.3) is 11.2 Å². The molecule has 0 aliphatic carbocycles. The summed E-state index contributed by atoms with van der Waals surface area (Å²) < 4.78 is 7.05. The summed E-state index contributed by atoms with van der Waals surface area (Å²) >= 11 is 0. The molecule has 148 valence electrons. The summed E-state index contributed by atoms with van der Waals surface area (Å²) in [7, 11) is 0. The number of imidazole rings is 1. The Labute approximate surface area is 160 Å². The van der Waals surface area contributed by atoms with Crippen molar-refractivity contribution in [3.63, 3.8) is 0 Å². The number of nitrogen functional groups attached to an aromatic ring is 1. The van der Waals surface area contributed by atoms with Gasteiger partial charge < -0.3 is 31.1 Å². The number of aliphatic hydroxyl groups excluding tert-OH is 3. The normalized spacial score (nSPS) is 25.9. The molecule has 6 N–H and O–H groups in total. The molecule has 1 saturated heterocycles. The van der Waals surface area contributed by atoms with Gasteiger partial charge in [-0.15, -0.1) is 0 Å². The predicted molar refractivity (Wildman–Crippen MR) is 101 cm³/mol. The molecule has 3 aromatic rings. The molecular weight excluding hydrogens is 364 g/mol. The first-order valence-corrected chi connectivity index (χ1v) is 8.93. The van der Waals surface area contributed by atoms with E-state index in [4.69, 9.17) is 10.5 Å². The summed E-state index contributed by atoms with van der Waals surface area (Å²) in [6.45, 7) is 1.57. The molecule has 4 rings (SSSR count). The van der Waals surface area contributed by atoms with Crippen molar-refractivity contribution < 1.29 is 20.1 Å². The third-order valence-corrected chi connectivity index (χ3v) is 4.88. The van der Waals surface area contributed by atoms with Gasteiger partial charge >= 0.3 is 0 Å². The van der Waals surface area contributed by atoms with Crippen LogP contribution in [-0.2, 0) is 4.74 Å². The quantitative estimate of drug-likeness (QED) is 0.414. The molecule has 2 aromatic heterocycles. The standard InChI is InChI=1S/C18H22N6O4/c1-9(10-5-3-2-4-6-10)21-15-12-16(23-18(19)22-15)24(8-20-12)17-14(27)13(26)11(7-25)28-17/h2-6,8-9,11,13-14,17,25-27H,7H2,1H3,(H3,19,21,22,23)/t9?,11-,13-,14-,17?/m1/s1. The van der Waals surface area contributed by atoms with Crippen LogP contribution >= 0.6 is 0 Å². The molecule has 3 heterocycles. The number of benzene rings is 1. The summed E-state index contributed by atoms with van der Waals surface area (Å²) in [5.41, 5.74) is 7.76. The number of aromatic nitrogens is 4. The number of fused-ring (bicyclic) bond motifs is 1. The van der Waals surface area contributed by atoms with Crippen molar-refractivity contribution >= 4 is 22.9 Å². The number of nitrogens with two attached hydrogens (primary N) is 1. The highest BCUT2D eigenvalue weighted by molar-refractivity contribution is 5.84. The maximum atomic E-state index is 10.3. The van der Waals surface area contributed by atoms with Gasteiger partial charge in [0.05, 0.1) is 19.0 Å². The number of hydrogen-bond donors (Lipinski definition) is 5. The monoisotopic (exact) mass is 386 g/mol. The van der Waals surface area contributed by atoms with E-state index in [-0.39, 0.29) is 12.0 Å². The first-order chi connectivity index (χ1) is 13.5. The maximum Gasteiger partial charge on any atom is 0.224 e. The van der Waals surface area contributed by atoms with Crippen LogP contribution in [0.1, 0.15) is 24.8 Å². The molecule has 2 unspecified atom stereocenters. The lowest BCUT2D eigenvalue weighted by Crippen LogP contribution is -2.33. The fraction of sp³-hybridized carbons (Fsp3) is 0.389. The largest absolute Gasteiger partial charge is 0.394 e. The number of aliphatic hydroxyl groups is 3. The van der Waals surface area contributed by atoms with Gasteiger partial charge in [0.25, 0.3) is 0 Å². The number of hydrogen-bond acceptors (Lipinski definition) is 9. The van der Waals surface area contributed by atoms with Crippen molar-refractivity contribution in [2.24, 2.45) is 0 Å². The summed E-state index contributed by atoms with van der Waals surface area (Å²) in [6, 6.07) is 9.79. The SMILES string of the molecule is CC(Nc1nc(N)nc2c1ncn2C1O[C@H](CO)[C@@H](O)[C@H]1O)c1ccccc1. The molecule has 1 aliphatic rings. The van der Waals surface area contributed by atoms with Gasteiger partial charge in [-0.25, -0.2) is 4.98 Å². The number of rotatable bonds is 5. The van der Waals surface area contributed by atoms with Gasteiger partial charge in [-0.1, -0.05) is 30.3 Å². The summed E-state index contributed by atoms with van der Waals surface area (Å²) in [6.07, 6.45) is -2.87. The molecule has 1 aromatic carbocycles. The van der Waals surface area contributed by atoms with Gasteiger partial charge in [0.15, 0.2) is 23.2 Å². The van der Waals surface area contributed by atoms with Crippen molar-refractivity contribution in [2.75, 3.05) is 17.7 Å². The van der Waals surface area contributed by atoms with Gasteiger partial charge in [0.2, 0.25) is 5.95 Å². The topological polar surface area (TPSA) is 152 Å². The number of nitrogens with one attached hydrogen (secondary N) is 1. The molecule has 1 fully saturated rings. The van der Waals surface area contributed by atoms with Crippen LogP contribution in [0.3, 0.4) is 0 Å². The average Bonchev–Trinajstić information content (AvgIpc) is 3.23. The fourth-order valence-electron chi connectivity index (χ4n) is 3.36. The minimum Gasteiger partial charge on any atom is -0.394 e. The van der Waals surface area contributed by atoms with Crippen LogP contribution < -0.4 is 11.1 Å². The number of nitrogens with zero attached hydrogens (tertiary/aromatic N) is 4. The van der Waals surface area contributed by atoms with Gasteiger partial charge in [-0.3, -0.25) is 4.57 Å². The summed E-state index contributed by atoms with van der Waals surface area (Å²) in [5.74, 6) is 0.480. The minimum absolute atomic E-state index is 0.0313. The molecule has 0 spiro atoms. The van der Waals surface area contributed by atoms with E-state index in [0.29, 0.717) is 17.0 Å². The third kappa shape index (κ3) is 3.16. The van der Waals surface area contributed by atoms with Crippen LogP contribution in [-0.4, -0.2) is 59.8 Å². The lowest BCUT2D eigenvalue weighted by Gasteiger charge is -2.18. The minimum atomic E-state index is -1.25. The van der Waals surface area contributed by atoms with E-state index < -0.39 is 31.1 Å². The Morgan fingerprint density at radius 3 is 2.64 bits per heavy atom. The van der Waals surface area contributed by atoms with Gasteiger partial charge in [0, 0.05) is 0 Å². The molecular formula is C18H22N6O4. The fourth-order valence-corrected chi connectivity index (χ4v) is 3.36. The van der Waals surface area contributed by atoms with E-state index in [1.54, 1.807) is 0 Å². The lowest BCUT2D eigenvalue weighted by atomic mass is 10.1. The smallest absolute Gasteiger partial charge is 0.224 e. The molecule has 1 aliphatic heterocycles. The highest BCUT2D eigenvalue weighted by atomic mass is 16.6. The second-order valence-corrected chi connectivity index (χ2v) is 6.76. The van der Waals surface area contributed by atoms with Crippen molar-refractivity contribution in [1.29, 1.82) is 0 Å². The zero-order chi connectivity index (χ0) is 19.8. The first kappa shape index (κ1) is 18.6. The van der Waals surface area contributed by atoms with Crippen LogP contribution in [0.2, 0.25) is 0 Å². The molecule has 0 radical (unpaired) electrons. The predicted octanol–water partition coefficient (Wildman–Crippen LogP) is 0.193. The van der Waals surface area contributed by atoms with Gasteiger partial charge in [0.1, 0.15) is 18.3 Å². The van der Waals surface area contributed by atoms with Crippen molar-refractivity contribution in [3.05, 3.63) is 42.2 Å². The zero-order valence-electron chi connectivity index (χ0n) is 15.2. The highest BCUT2D eigenvalue weighted by Gasteiger charge is 2.44. The van der Waals surface area contributed by atoms with E-state index >= 15 is 0 Å². The Bertz CT molecular complexity index is 965. The van der Waals surface area contributed by atoms with E-state index in [2.05, 4.69) is 20.3 Å². The molecule has 0 saturated carbocycles. The molecule has 0 amide bonds. The lowest BCUT2D eigenvalue weighted by molar-refractivity contribution is -0.0511. The van der Waals surface area contributed by atoms with E-state index in [9.17, 15) is 15.3 Å². The Balaban J connectivity index is 1.69. The Morgan fingerprint density at radius 2 is 1.96 bits per heavy atom. The second-order valence-electron chi connectivity index (χ2n) is 6.76. The Morgan fingerprint density at radius 1 is 1.21 bits per heavy atom. The van der Waals surface area contributed by atoms with Crippen molar-refractivity contribution in [3.8, 4) is 0 Å². The molecule has 10 nitrogen and oxygen atoms in total. The van der Waals surface area contributed by atoms with Crippen LogP contribution in [0, 0.1) is 0 Å². The highest BCUT2D eigenvalue weighted by Crippen LogP contribution is 2.33. The van der Waals surface area contributed by atoms with E-state index in [1.165, 1.54) is 10.9 Å². The van der Waals surface area contributed by atoms with Crippen LogP contribution in [0.15, 0.2) is 36.7 Å². The maximum absolute atomic E-state index is 10.3. The average molecular weight is 386 g/mol. The van der Waals surface area contributed by atoms with Gasteiger partial charge in [-0.05, 0) is 12.5 Å².